The maximum absolute atomic E-state index is 11.7. The molecule has 2 heterocycles. The molecule has 0 spiro atoms. The van der Waals surface area contributed by atoms with Gasteiger partial charge in [0.1, 0.15) is 5.82 Å². The summed E-state index contributed by atoms with van der Waals surface area (Å²) in [5, 5.41) is 17.7. The van der Waals surface area contributed by atoms with E-state index in [2.05, 4.69) is 25.7 Å². The molecule has 2 rings (SSSR count). The molecule has 1 amide bonds. The molecule has 0 saturated heterocycles. The zero-order valence-electron chi connectivity index (χ0n) is 11.1. The van der Waals surface area contributed by atoms with E-state index in [9.17, 15) is 4.79 Å². The minimum Gasteiger partial charge on any atom is -0.362 e. The van der Waals surface area contributed by atoms with Crippen molar-refractivity contribution in [2.45, 2.75) is 13.0 Å². The van der Waals surface area contributed by atoms with Crippen LogP contribution in [0.1, 0.15) is 29.0 Å². The molecule has 7 nitrogen and oxygen atoms in total. The predicted molar refractivity (Wildman–Crippen MR) is 70.7 cm³/mol. The molecule has 7 heteroatoms. The number of hydrogen-bond acceptors (Lipinski definition) is 5. The molecular formula is C12H16N6O. The van der Waals surface area contributed by atoms with Crippen molar-refractivity contribution in [3.63, 3.8) is 0 Å². The van der Waals surface area contributed by atoms with Crippen molar-refractivity contribution in [2.75, 3.05) is 19.4 Å². The lowest BCUT2D eigenvalue weighted by atomic mass is 10.2. The first-order valence-electron chi connectivity index (χ1n) is 5.88. The summed E-state index contributed by atoms with van der Waals surface area (Å²) in [6, 6.07) is 3.45. The van der Waals surface area contributed by atoms with E-state index in [0.717, 1.165) is 5.56 Å². The zero-order valence-corrected chi connectivity index (χ0v) is 11.1. The highest BCUT2D eigenvalue weighted by molar-refractivity contribution is 5.91. The first-order chi connectivity index (χ1) is 9.08. The van der Waals surface area contributed by atoms with E-state index in [1.54, 1.807) is 32.4 Å². The Hall–Kier alpha value is -2.44. The van der Waals surface area contributed by atoms with Crippen LogP contribution in [0.2, 0.25) is 0 Å². The van der Waals surface area contributed by atoms with Gasteiger partial charge < -0.3 is 10.2 Å². The number of rotatable bonds is 4. The van der Waals surface area contributed by atoms with Crippen LogP contribution in [0.4, 0.5) is 5.82 Å². The minimum absolute atomic E-state index is 0.0588. The third-order valence-electron chi connectivity index (χ3n) is 2.67. The zero-order chi connectivity index (χ0) is 13.8. The Kier molecular flexibility index (Phi) is 3.74. The first-order valence-corrected chi connectivity index (χ1v) is 5.88. The van der Waals surface area contributed by atoms with Crippen molar-refractivity contribution in [3.05, 3.63) is 35.8 Å². The van der Waals surface area contributed by atoms with Crippen molar-refractivity contribution < 1.29 is 4.79 Å². The van der Waals surface area contributed by atoms with Gasteiger partial charge in [-0.3, -0.25) is 9.89 Å². The fraction of sp³-hybridized carbons (Fsp3) is 0.333. The molecule has 0 aliphatic carbocycles. The number of H-pyrrole nitrogens is 1. The van der Waals surface area contributed by atoms with E-state index >= 15 is 0 Å². The lowest BCUT2D eigenvalue weighted by Crippen LogP contribution is -2.23. The van der Waals surface area contributed by atoms with Crippen LogP contribution >= 0.6 is 0 Å². The Morgan fingerprint density at radius 1 is 1.37 bits per heavy atom. The highest BCUT2D eigenvalue weighted by Gasteiger charge is 2.11. The molecule has 0 bridgehead atoms. The van der Waals surface area contributed by atoms with Crippen LogP contribution < -0.4 is 5.32 Å². The molecule has 0 aliphatic heterocycles. The largest absolute Gasteiger partial charge is 0.362 e. The first kappa shape index (κ1) is 13.0. The normalized spacial score (nSPS) is 11.9. The molecular weight excluding hydrogens is 244 g/mol. The van der Waals surface area contributed by atoms with Crippen molar-refractivity contribution in [1.29, 1.82) is 0 Å². The second kappa shape index (κ2) is 5.47. The van der Waals surface area contributed by atoms with E-state index in [1.165, 1.54) is 4.90 Å². The highest BCUT2D eigenvalue weighted by atomic mass is 16.2. The average Bonchev–Trinajstić information content (AvgIpc) is 2.92. The van der Waals surface area contributed by atoms with Gasteiger partial charge in [-0.1, -0.05) is 0 Å². The third kappa shape index (κ3) is 3.06. The molecule has 2 N–H and O–H groups in total. The van der Waals surface area contributed by atoms with Crippen molar-refractivity contribution in [3.8, 4) is 0 Å². The maximum Gasteiger partial charge on any atom is 0.273 e. The van der Waals surface area contributed by atoms with E-state index in [-0.39, 0.29) is 11.9 Å². The topological polar surface area (TPSA) is 86.8 Å². The fourth-order valence-corrected chi connectivity index (χ4v) is 1.56. The second-order valence-corrected chi connectivity index (χ2v) is 4.40. The predicted octanol–water partition coefficient (Wildman–Crippen LogP) is 1.07. The summed E-state index contributed by atoms with van der Waals surface area (Å²) in [5.74, 6) is 0.450. The molecule has 0 saturated carbocycles. The van der Waals surface area contributed by atoms with Gasteiger partial charge in [0.15, 0.2) is 5.69 Å². The van der Waals surface area contributed by atoms with E-state index in [1.807, 2.05) is 13.1 Å². The Balaban J connectivity index is 2.05. The molecule has 0 radical (unpaired) electrons. The number of carbonyl (C=O) groups excluding carboxylic acids is 1. The van der Waals surface area contributed by atoms with Crippen molar-refractivity contribution in [2.24, 2.45) is 0 Å². The molecule has 2 aromatic rings. The van der Waals surface area contributed by atoms with E-state index in [0.29, 0.717) is 11.5 Å². The number of nitrogens with zero attached hydrogens (tertiary/aromatic N) is 4. The summed E-state index contributed by atoms with van der Waals surface area (Å²) in [6.07, 6.45) is 3.56. The number of hydrogen-bond donors (Lipinski definition) is 2. The fourth-order valence-electron chi connectivity index (χ4n) is 1.56. The lowest BCUT2D eigenvalue weighted by Gasteiger charge is -2.13. The summed E-state index contributed by atoms with van der Waals surface area (Å²) in [4.78, 5) is 13.1. The summed E-state index contributed by atoms with van der Waals surface area (Å²) in [5.41, 5.74) is 1.35. The van der Waals surface area contributed by atoms with Gasteiger partial charge >= 0.3 is 0 Å². The SMILES string of the molecule is CC(Nc1ccc(C(=O)N(C)C)nn1)c1cn[nH]c1. The van der Waals surface area contributed by atoms with Crippen LogP contribution in [0.5, 0.6) is 0 Å². The Morgan fingerprint density at radius 2 is 2.16 bits per heavy atom. The molecule has 19 heavy (non-hydrogen) atoms. The molecule has 0 aliphatic rings. The van der Waals surface area contributed by atoms with Gasteiger partial charge in [0.05, 0.1) is 12.2 Å². The number of anilines is 1. The monoisotopic (exact) mass is 260 g/mol. The lowest BCUT2D eigenvalue weighted by molar-refractivity contribution is 0.0821. The summed E-state index contributed by atoms with van der Waals surface area (Å²) >= 11 is 0. The molecule has 100 valence electrons. The number of aromatic nitrogens is 4. The van der Waals surface area contributed by atoms with Crippen LogP contribution in [-0.4, -0.2) is 45.3 Å². The standard InChI is InChI=1S/C12H16N6O/c1-8(9-6-13-14-7-9)15-11-5-4-10(16-17-11)12(19)18(2)3/h4-8H,1-3H3,(H,13,14)(H,15,17). The summed E-state index contributed by atoms with van der Waals surface area (Å²) in [6.45, 7) is 1.99. The quantitative estimate of drug-likeness (QED) is 0.858. The smallest absolute Gasteiger partial charge is 0.273 e. The van der Waals surface area contributed by atoms with Crippen LogP contribution in [0.15, 0.2) is 24.5 Å². The molecule has 0 fully saturated rings. The van der Waals surface area contributed by atoms with Gasteiger partial charge in [0.2, 0.25) is 0 Å². The van der Waals surface area contributed by atoms with Crippen LogP contribution in [0.3, 0.4) is 0 Å². The van der Waals surface area contributed by atoms with Crippen LogP contribution in [-0.2, 0) is 0 Å². The van der Waals surface area contributed by atoms with Gasteiger partial charge in [-0.15, -0.1) is 10.2 Å². The Bertz CT molecular complexity index is 534. The Morgan fingerprint density at radius 3 is 2.68 bits per heavy atom. The van der Waals surface area contributed by atoms with Crippen molar-refractivity contribution in [1.82, 2.24) is 25.3 Å². The number of nitrogens with one attached hydrogen (secondary N) is 2. The number of amides is 1. The van der Waals surface area contributed by atoms with Crippen LogP contribution in [0.25, 0.3) is 0 Å². The molecule has 1 atom stereocenters. The Labute approximate surface area is 111 Å². The van der Waals surface area contributed by atoms with E-state index in [4.69, 9.17) is 0 Å². The molecule has 2 aromatic heterocycles. The van der Waals surface area contributed by atoms with Gasteiger partial charge in [0, 0.05) is 25.9 Å². The highest BCUT2D eigenvalue weighted by Crippen LogP contribution is 2.15. The molecule has 1 unspecified atom stereocenters. The van der Waals surface area contributed by atoms with Crippen molar-refractivity contribution >= 4 is 11.7 Å². The maximum atomic E-state index is 11.7. The summed E-state index contributed by atoms with van der Waals surface area (Å²) in [7, 11) is 3.36. The third-order valence-corrected chi connectivity index (χ3v) is 2.67. The van der Waals surface area contributed by atoms with Crippen LogP contribution in [0, 0.1) is 0 Å². The number of carbonyl (C=O) groups is 1. The van der Waals surface area contributed by atoms with Gasteiger partial charge in [0.25, 0.3) is 5.91 Å². The minimum atomic E-state index is -0.165. The average molecular weight is 260 g/mol. The van der Waals surface area contributed by atoms with E-state index < -0.39 is 0 Å². The summed E-state index contributed by atoms with van der Waals surface area (Å²) < 4.78 is 0. The van der Waals surface area contributed by atoms with Gasteiger partial charge in [-0.25, -0.2) is 0 Å². The molecule has 0 aromatic carbocycles. The second-order valence-electron chi connectivity index (χ2n) is 4.40. The van der Waals surface area contributed by atoms with Gasteiger partial charge in [-0.05, 0) is 19.1 Å². The van der Waals surface area contributed by atoms with Gasteiger partial charge in [-0.2, -0.15) is 5.10 Å². The number of aromatic amines is 1.